The molecule has 0 saturated heterocycles. The lowest BCUT2D eigenvalue weighted by Gasteiger charge is -2.20. The fourth-order valence-corrected chi connectivity index (χ4v) is 1.87. The van der Waals surface area contributed by atoms with Gasteiger partial charge in [-0.3, -0.25) is 4.79 Å². The molecule has 3 atom stereocenters. The van der Waals surface area contributed by atoms with Crippen molar-refractivity contribution in [2.24, 2.45) is 17.6 Å². The molecule has 0 radical (unpaired) electrons. The quantitative estimate of drug-likeness (QED) is 0.721. The third-order valence-electron chi connectivity index (χ3n) is 3.03. The minimum Gasteiger partial charge on any atom is -0.351 e. The summed E-state index contributed by atoms with van der Waals surface area (Å²) in [7, 11) is 0. The van der Waals surface area contributed by atoms with Crippen molar-refractivity contribution in [3.63, 3.8) is 0 Å². The van der Waals surface area contributed by atoms with Gasteiger partial charge < -0.3 is 11.1 Å². The Kier molecular flexibility index (Phi) is 4.10. The van der Waals surface area contributed by atoms with E-state index in [0.717, 1.165) is 19.3 Å². The van der Waals surface area contributed by atoms with Crippen LogP contribution in [0.4, 0.5) is 0 Å². The molecule has 0 bridgehead atoms. The molecular weight excluding hydrogens is 190 g/mol. The normalized spacial score (nSPS) is 27.4. The van der Waals surface area contributed by atoms with Crippen molar-refractivity contribution in [1.29, 1.82) is 5.26 Å². The van der Waals surface area contributed by atoms with E-state index in [0.29, 0.717) is 0 Å². The molecule has 0 aliphatic heterocycles. The summed E-state index contributed by atoms with van der Waals surface area (Å²) in [6.07, 6.45) is 2.80. The maximum absolute atomic E-state index is 11.7. The molecule has 15 heavy (non-hydrogen) atoms. The highest BCUT2D eigenvalue weighted by Gasteiger charge is 2.30. The summed E-state index contributed by atoms with van der Waals surface area (Å²) in [5, 5.41) is 11.7. The van der Waals surface area contributed by atoms with Crippen molar-refractivity contribution in [2.75, 3.05) is 0 Å². The summed E-state index contributed by atoms with van der Waals surface area (Å²) >= 11 is 0. The van der Waals surface area contributed by atoms with Gasteiger partial charge in [0.05, 0.1) is 18.0 Å². The third-order valence-corrected chi connectivity index (χ3v) is 3.03. The molecule has 0 heterocycles. The average molecular weight is 209 g/mol. The van der Waals surface area contributed by atoms with Crippen LogP contribution in [0.2, 0.25) is 0 Å². The predicted octanol–water partition coefficient (Wildman–Crippen LogP) is 0.778. The maximum Gasteiger partial charge on any atom is 0.237 e. The highest BCUT2D eigenvalue weighted by Crippen LogP contribution is 2.24. The van der Waals surface area contributed by atoms with Gasteiger partial charge in [-0.2, -0.15) is 5.26 Å². The van der Waals surface area contributed by atoms with Crippen LogP contribution in [0.3, 0.4) is 0 Å². The van der Waals surface area contributed by atoms with Crippen LogP contribution in [0.1, 0.15) is 33.1 Å². The van der Waals surface area contributed by atoms with Crippen molar-refractivity contribution in [3.05, 3.63) is 0 Å². The van der Waals surface area contributed by atoms with Gasteiger partial charge in [0.1, 0.15) is 0 Å². The monoisotopic (exact) mass is 209 g/mol. The van der Waals surface area contributed by atoms with E-state index in [1.807, 2.05) is 13.8 Å². The molecule has 0 aromatic rings. The van der Waals surface area contributed by atoms with Crippen molar-refractivity contribution >= 4 is 5.91 Å². The standard InChI is InChI=1S/C11H19N3O/c1-7(2)10(13)11(15)14-9-5-3-4-8(9)6-12/h7-10H,3-5,13H2,1-2H3,(H,14,15)/t8?,9?,10-/m1/s1. The van der Waals surface area contributed by atoms with E-state index in [1.165, 1.54) is 0 Å². The molecule has 1 rings (SSSR count). The number of rotatable bonds is 3. The Morgan fingerprint density at radius 3 is 2.73 bits per heavy atom. The Balaban J connectivity index is 2.48. The molecule has 4 nitrogen and oxygen atoms in total. The van der Waals surface area contributed by atoms with Gasteiger partial charge in [0.2, 0.25) is 5.91 Å². The third kappa shape index (κ3) is 2.93. The van der Waals surface area contributed by atoms with Crippen LogP contribution in [0, 0.1) is 23.2 Å². The first kappa shape index (κ1) is 12.0. The second kappa shape index (κ2) is 5.13. The van der Waals surface area contributed by atoms with Crippen LogP contribution in [-0.2, 0) is 4.79 Å². The summed E-state index contributed by atoms with van der Waals surface area (Å²) in [6, 6.07) is 1.77. The number of carbonyl (C=O) groups is 1. The highest BCUT2D eigenvalue weighted by molar-refractivity contribution is 5.82. The number of nitrogens with two attached hydrogens (primary N) is 1. The lowest BCUT2D eigenvalue weighted by atomic mass is 10.0. The number of nitriles is 1. The maximum atomic E-state index is 11.7. The van der Waals surface area contributed by atoms with Crippen LogP contribution in [-0.4, -0.2) is 18.0 Å². The van der Waals surface area contributed by atoms with E-state index >= 15 is 0 Å². The Labute approximate surface area is 90.8 Å². The van der Waals surface area contributed by atoms with Crippen LogP contribution in [0.5, 0.6) is 0 Å². The van der Waals surface area contributed by atoms with E-state index < -0.39 is 6.04 Å². The van der Waals surface area contributed by atoms with Gasteiger partial charge in [-0.05, 0) is 25.2 Å². The average Bonchev–Trinajstić information content (AvgIpc) is 2.63. The number of carbonyl (C=O) groups excluding carboxylic acids is 1. The molecule has 2 unspecified atom stereocenters. The number of hydrogen-bond acceptors (Lipinski definition) is 3. The topological polar surface area (TPSA) is 78.9 Å². The van der Waals surface area contributed by atoms with Gasteiger partial charge in [-0.1, -0.05) is 13.8 Å². The molecule has 4 heteroatoms. The molecule has 84 valence electrons. The van der Waals surface area contributed by atoms with Gasteiger partial charge in [0.15, 0.2) is 0 Å². The largest absolute Gasteiger partial charge is 0.351 e. The SMILES string of the molecule is CC(C)[C@@H](N)C(=O)NC1CCCC1C#N. The van der Waals surface area contributed by atoms with Gasteiger partial charge in [0, 0.05) is 6.04 Å². The fraction of sp³-hybridized carbons (Fsp3) is 0.818. The molecule has 1 aliphatic rings. The first-order valence-electron chi connectivity index (χ1n) is 5.51. The summed E-state index contributed by atoms with van der Waals surface area (Å²) in [4.78, 5) is 11.7. The zero-order valence-corrected chi connectivity index (χ0v) is 9.36. The molecule has 0 spiro atoms. The molecule has 1 aliphatic carbocycles. The van der Waals surface area contributed by atoms with E-state index in [9.17, 15) is 4.79 Å². The van der Waals surface area contributed by atoms with Crippen molar-refractivity contribution < 1.29 is 4.79 Å². The number of nitrogens with one attached hydrogen (secondary N) is 1. The first-order chi connectivity index (χ1) is 7.06. The zero-order chi connectivity index (χ0) is 11.4. The molecule has 1 fully saturated rings. The second-order valence-electron chi connectivity index (χ2n) is 4.55. The Morgan fingerprint density at radius 2 is 2.20 bits per heavy atom. The van der Waals surface area contributed by atoms with Crippen molar-refractivity contribution in [1.82, 2.24) is 5.32 Å². The van der Waals surface area contributed by atoms with E-state index in [1.54, 1.807) is 0 Å². The van der Waals surface area contributed by atoms with Gasteiger partial charge >= 0.3 is 0 Å². The van der Waals surface area contributed by atoms with Crippen LogP contribution >= 0.6 is 0 Å². The van der Waals surface area contributed by atoms with E-state index in [2.05, 4.69) is 11.4 Å². The van der Waals surface area contributed by atoms with Crippen LogP contribution in [0.25, 0.3) is 0 Å². The molecule has 0 aromatic carbocycles. The predicted molar refractivity (Wildman–Crippen MR) is 57.7 cm³/mol. The van der Waals surface area contributed by atoms with Gasteiger partial charge in [0.25, 0.3) is 0 Å². The smallest absolute Gasteiger partial charge is 0.237 e. The fourth-order valence-electron chi connectivity index (χ4n) is 1.87. The summed E-state index contributed by atoms with van der Waals surface area (Å²) in [6.45, 7) is 3.83. The summed E-state index contributed by atoms with van der Waals surface area (Å²) in [5.41, 5.74) is 5.73. The molecule has 1 amide bonds. The second-order valence-corrected chi connectivity index (χ2v) is 4.55. The highest BCUT2D eigenvalue weighted by atomic mass is 16.2. The zero-order valence-electron chi connectivity index (χ0n) is 9.36. The number of nitrogens with zero attached hydrogens (tertiary/aromatic N) is 1. The van der Waals surface area contributed by atoms with Gasteiger partial charge in [-0.25, -0.2) is 0 Å². The number of amides is 1. The van der Waals surface area contributed by atoms with Crippen LogP contribution < -0.4 is 11.1 Å². The van der Waals surface area contributed by atoms with E-state index in [-0.39, 0.29) is 23.8 Å². The summed E-state index contributed by atoms with van der Waals surface area (Å²) in [5.74, 6) is -0.0302. The Morgan fingerprint density at radius 1 is 1.53 bits per heavy atom. The van der Waals surface area contributed by atoms with E-state index in [4.69, 9.17) is 11.0 Å². The molecule has 0 aromatic heterocycles. The minimum atomic E-state index is -0.468. The van der Waals surface area contributed by atoms with Gasteiger partial charge in [-0.15, -0.1) is 0 Å². The molecule has 1 saturated carbocycles. The Hall–Kier alpha value is -1.08. The van der Waals surface area contributed by atoms with Crippen molar-refractivity contribution in [2.45, 2.75) is 45.2 Å². The molecule has 3 N–H and O–H groups in total. The van der Waals surface area contributed by atoms with Crippen molar-refractivity contribution in [3.8, 4) is 6.07 Å². The molecular formula is C11H19N3O. The Bertz CT molecular complexity index is 269. The lowest BCUT2D eigenvalue weighted by Crippen LogP contribution is -2.48. The summed E-state index contributed by atoms with van der Waals surface area (Å²) < 4.78 is 0. The van der Waals surface area contributed by atoms with Crippen LogP contribution in [0.15, 0.2) is 0 Å². The number of hydrogen-bond donors (Lipinski definition) is 2. The minimum absolute atomic E-state index is 0.00676. The first-order valence-corrected chi connectivity index (χ1v) is 5.51. The lowest BCUT2D eigenvalue weighted by molar-refractivity contribution is -0.124.